The molecule has 6 nitrogen and oxygen atoms in total. The van der Waals surface area contributed by atoms with Crippen LogP contribution >= 0.6 is 0 Å². The molecule has 6 heteroatoms. The van der Waals surface area contributed by atoms with Crippen LogP contribution in [0, 0.1) is 10.1 Å². The summed E-state index contributed by atoms with van der Waals surface area (Å²) in [5, 5.41) is 13.8. The molecule has 0 bridgehead atoms. The van der Waals surface area contributed by atoms with Crippen molar-refractivity contribution in [3.05, 3.63) is 46.5 Å². The van der Waals surface area contributed by atoms with E-state index in [1.54, 1.807) is 6.08 Å². The van der Waals surface area contributed by atoms with Gasteiger partial charge in [-0.2, -0.15) is 0 Å². The lowest BCUT2D eigenvalue weighted by Gasteiger charge is -2.07. The summed E-state index contributed by atoms with van der Waals surface area (Å²) in [6.07, 6.45) is 2.40. The third-order valence-electron chi connectivity index (χ3n) is 2.28. The van der Waals surface area contributed by atoms with Crippen LogP contribution in [-0.4, -0.2) is 24.5 Å². The molecule has 0 heterocycles. The van der Waals surface area contributed by atoms with Crippen LogP contribution in [0.3, 0.4) is 0 Å². The molecule has 0 radical (unpaired) electrons. The molecular formula is C12H14N2O4. The van der Waals surface area contributed by atoms with Crippen LogP contribution < -0.4 is 5.32 Å². The third kappa shape index (κ3) is 3.31. The largest absolute Gasteiger partial charge is 0.465 e. The number of methoxy groups -OCH3 is 1. The molecule has 0 saturated heterocycles. The molecule has 0 aliphatic rings. The average Bonchev–Trinajstić information content (AvgIpc) is 2.38. The van der Waals surface area contributed by atoms with Gasteiger partial charge in [0.05, 0.1) is 17.6 Å². The first-order valence-corrected chi connectivity index (χ1v) is 5.31. The Morgan fingerprint density at radius 1 is 1.61 bits per heavy atom. The van der Waals surface area contributed by atoms with Gasteiger partial charge in [-0.1, -0.05) is 6.08 Å². The Bertz CT molecular complexity index is 471. The van der Waals surface area contributed by atoms with Gasteiger partial charge in [-0.05, 0) is 18.6 Å². The molecule has 0 spiro atoms. The predicted molar refractivity (Wildman–Crippen MR) is 67.7 cm³/mol. The fourth-order valence-electron chi connectivity index (χ4n) is 1.39. The molecule has 0 saturated carbocycles. The first kappa shape index (κ1) is 13.7. The minimum atomic E-state index is -0.601. The molecule has 0 aliphatic heterocycles. The third-order valence-corrected chi connectivity index (χ3v) is 2.28. The minimum Gasteiger partial charge on any atom is -0.465 e. The number of nitro groups is 1. The zero-order valence-corrected chi connectivity index (χ0v) is 10.0. The van der Waals surface area contributed by atoms with Gasteiger partial charge >= 0.3 is 5.97 Å². The lowest BCUT2D eigenvalue weighted by molar-refractivity contribution is -0.384. The monoisotopic (exact) mass is 250 g/mol. The van der Waals surface area contributed by atoms with Gasteiger partial charge in [-0.3, -0.25) is 10.1 Å². The number of rotatable bonds is 6. The Kier molecular flexibility index (Phi) is 4.86. The van der Waals surface area contributed by atoms with E-state index in [2.05, 4.69) is 16.6 Å². The van der Waals surface area contributed by atoms with Crippen molar-refractivity contribution in [3.8, 4) is 0 Å². The Balaban J connectivity index is 3.00. The summed E-state index contributed by atoms with van der Waals surface area (Å²) in [5.41, 5.74) is 0.370. The summed E-state index contributed by atoms with van der Waals surface area (Å²) in [7, 11) is 1.23. The normalized spacial score (nSPS) is 9.61. The summed E-state index contributed by atoms with van der Waals surface area (Å²) < 4.78 is 4.51. The maximum absolute atomic E-state index is 11.3. The Labute approximate surface area is 104 Å². The van der Waals surface area contributed by atoms with E-state index in [-0.39, 0.29) is 11.3 Å². The van der Waals surface area contributed by atoms with Crippen molar-refractivity contribution < 1.29 is 14.5 Å². The number of nitrogens with zero attached hydrogens (tertiary/aromatic N) is 1. The molecule has 1 aromatic rings. The second kappa shape index (κ2) is 6.39. The van der Waals surface area contributed by atoms with Crippen LogP contribution in [0.25, 0.3) is 0 Å². The summed E-state index contributed by atoms with van der Waals surface area (Å²) in [6.45, 7) is 4.11. The highest BCUT2D eigenvalue weighted by Gasteiger charge is 2.17. The number of nitrogens with one attached hydrogen (secondary N) is 1. The number of hydrogen-bond acceptors (Lipinski definition) is 5. The van der Waals surface area contributed by atoms with Gasteiger partial charge in [0.2, 0.25) is 0 Å². The van der Waals surface area contributed by atoms with Crippen LogP contribution in [0.15, 0.2) is 30.9 Å². The first-order valence-electron chi connectivity index (χ1n) is 5.31. The van der Waals surface area contributed by atoms with Gasteiger partial charge in [0, 0.05) is 12.6 Å². The molecule has 0 aliphatic carbocycles. The highest BCUT2D eigenvalue weighted by molar-refractivity contribution is 5.91. The number of esters is 1. The lowest BCUT2D eigenvalue weighted by atomic mass is 10.1. The molecule has 0 unspecified atom stereocenters. The van der Waals surface area contributed by atoms with E-state index in [0.29, 0.717) is 18.7 Å². The van der Waals surface area contributed by atoms with Gasteiger partial charge in [-0.25, -0.2) is 4.79 Å². The summed E-state index contributed by atoms with van der Waals surface area (Å²) >= 11 is 0. The van der Waals surface area contributed by atoms with Crippen LogP contribution in [-0.2, 0) is 4.74 Å². The van der Waals surface area contributed by atoms with E-state index in [4.69, 9.17) is 0 Å². The molecule has 0 aromatic heterocycles. The van der Waals surface area contributed by atoms with Crippen LogP contribution in [0.4, 0.5) is 11.4 Å². The highest BCUT2D eigenvalue weighted by Crippen LogP contribution is 2.25. The van der Waals surface area contributed by atoms with Gasteiger partial charge < -0.3 is 10.1 Å². The summed E-state index contributed by atoms with van der Waals surface area (Å²) in [4.78, 5) is 21.7. The zero-order valence-electron chi connectivity index (χ0n) is 10.0. The molecule has 1 aromatic carbocycles. The molecule has 1 rings (SSSR count). The predicted octanol–water partition coefficient (Wildman–Crippen LogP) is 2.37. The van der Waals surface area contributed by atoms with E-state index >= 15 is 0 Å². The van der Waals surface area contributed by atoms with E-state index in [0.717, 1.165) is 0 Å². The van der Waals surface area contributed by atoms with E-state index in [1.807, 2.05) is 0 Å². The lowest BCUT2D eigenvalue weighted by Crippen LogP contribution is -2.06. The summed E-state index contributed by atoms with van der Waals surface area (Å²) in [6, 6.07) is 4.17. The van der Waals surface area contributed by atoms with Crippen molar-refractivity contribution in [3.63, 3.8) is 0 Å². The van der Waals surface area contributed by atoms with Gasteiger partial charge in [-0.15, -0.1) is 6.58 Å². The van der Waals surface area contributed by atoms with Crippen LogP contribution in [0.1, 0.15) is 16.8 Å². The van der Waals surface area contributed by atoms with Crippen molar-refractivity contribution in [2.45, 2.75) is 6.42 Å². The fourth-order valence-corrected chi connectivity index (χ4v) is 1.39. The Morgan fingerprint density at radius 3 is 2.89 bits per heavy atom. The molecule has 1 N–H and O–H groups in total. The maximum atomic E-state index is 11.3. The number of hydrogen-bond donors (Lipinski definition) is 1. The number of anilines is 1. The topological polar surface area (TPSA) is 81.5 Å². The van der Waals surface area contributed by atoms with E-state index in [1.165, 1.54) is 25.3 Å². The van der Waals surface area contributed by atoms with Crippen LogP contribution in [0.2, 0.25) is 0 Å². The molecule has 96 valence electrons. The van der Waals surface area contributed by atoms with Crippen molar-refractivity contribution >= 4 is 17.3 Å². The van der Waals surface area contributed by atoms with Crippen molar-refractivity contribution in [2.75, 3.05) is 19.0 Å². The number of benzene rings is 1. The molecule has 0 amide bonds. The van der Waals surface area contributed by atoms with Gasteiger partial charge in [0.1, 0.15) is 5.69 Å². The van der Waals surface area contributed by atoms with E-state index in [9.17, 15) is 14.9 Å². The van der Waals surface area contributed by atoms with Crippen molar-refractivity contribution in [1.82, 2.24) is 0 Å². The number of carbonyl (C=O) groups is 1. The molecule has 18 heavy (non-hydrogen) atoms. The second-order valence-corrected chi connectivity index (χ2v) is 3.48. The van der Waals surface area contributed by atoms with Gasteiger partial charge in [0.15, 0.2) is 0 Å². The van der Waals surface area contributed by atoms with E-state index < -0.39 is 10.9 Å². The average molecular weight is 250 g/mol. The SMILES string of the molecule is C=CCCNc1ccc(C(=O)OC)cc1[N+](=O)[O-]. The van der Waals surface area contributed by atoms with Gasteiger partial charge in [0.25, 0.3) is 5.69 Å². The Morgan fingerprint density at radius 2 is 2.33 bits per heavy atom. The zero-order chi connectivity index (χ0) is 13.5. The maximum Gasteiger partial charge on any atom is 0.338 e. The molecular weight excluding hydrogens is 236 g/mol. The number of carbonyl (C=O) groups excluding carboxylic acids is 1. The van der Waals surface area contributed by atoms with Crippen LogP contribution in [0.5, 0.6) is 0 Å². The molecule has 0 atom stereocenters. The van der Waals surface area contributed by atoms with Crippen molar-refractivity contribution in [2.24, 2.45) is 0 Å². The number of ether oxygens (including phenoxy) is 1. The minimum absolute atomic E-state index is 0.151. The highest BCUT2D eigenvalue weighted by atomic mass is 16.6. The molecule has 0 fully saturated rings. The quantitative estimate of drug-likeness (QED) is 0.275. The first-order chi connectivity index (χ1) is 8.60. The second-order valence-electron chi connectivity index (χ2n) is 3.48. The summed E-state index contributed by atoms with van der Waals surface area (Å²) in [5.74, 6) is -0.601. The standard InChI is InChI=1S/C12H14N2O4/c1-3-4-7-13-10-6-5-9(12(15)18-2)8-11(10)14(16)17/h3,5-6,8,13H,1,4,7H2,2H3. The number of nitro benzene ring substituents is 1. The smallest absolute Gasteiger partial charge is 0.338 e. The fraction of sp³-hybridized carbons (Fsp3) is 0.250. The Hall–Kier alpha value is -2.37. The van der Waals surface area contributed by atoms with Crippen molar-refractivity contribution in [1.29, 1.82) is 0 Å².